The van der Waals surface area contributed by atoms with E-state index in [0.717, 1.165) is 70.6 Å². The number of hydrogen-bond donors (Lipinski definition) is 1. The van der Waals surface area contributed by atoms with Gasteiger partial charge < -0.3 is 34.3 Å². The molecule has 332 valence electrons. The van der Waals surface area contributed by atoms with E-state index in [-0.39, 0.29) is 51.1 Å². The molecule has 0 aromatic heterocycles. The third kappa shape index (κ3) is 31.6. The number of hydrogen-bond acceptors (Lipinski definition) is 13. The largest absolute Gasteiger partial charge is 0.466 e. The van der Waals surface area contributed by atoms with Gasteiger partial charge in [0.15, 0.2) is 0 Å². The first-order chi connectivity index (χ1) is 27.5. The average Bonchev–Trinajstić information content (AvgIpc) is 3.17. The first-order valence-electron chi connectivity index (χ1n) is 22.3. The molecule has 0 fully saturated rings. The maximum absolute atomic E-state index is 13.8. The number of nitrogens with two attached hydrogens (primary N) is 1. The quantitative estimate of drug-likeness (QED) is 0.0357. The highest BCUT2D eigenvalue weighted by Crippen LogP contribution is 2.27. The summed E-state index contributed by atoms with van der Waals surface area (Å²) in [4.78, 5) is 79.4. The van der Waals surface area contributed by atoms with Gasteiger partial charge in [-0.1, -0.05) is 97.8 Å². The van der Waals surface area contributed by atoms with Crippen LogP contribution in [0, 0.1) is 0 Å². The molecular formula is C44H80N2O11. The molecule has 0 rings (SSSR count). The summed E-state index contributed by atoms with van der Waals surface area (Å²) in [5.74, 6) is -3.36. The topological polar surface area (TPSA) is 178 Å². The molecule has 57 heavy (non-hydrogen) atoms. The fourth-order valence-electron chi connectivity index (χ4n) is 6.13. The molecule has 0 aromatic rings. The summed E-state index contributed by atoms with van der Waals surface area (Å²) >= 11 is 0. The first-order valence-corrected chi connectivity index (χ1v) is 22.3. The van der Waals surface area contributed by atoms with Crippen molar-refractivity contribution in [2.75, 3.05) is 53.1 Å². The van der Waals surface area contributed by atoms with Crippen LogP contribution in [-0.2, 0) is 52.5 Å². The summed E-state index contributed by atoms with van der Waals surface area (Å²) in [5.41, 5.74) is 3.35. The van der Waals surface area contributed by atoms with Gasteiger partial charge in [0.25, 0.3) is 0 Å². The smallest absolute Gasteiger partial charge is 0.351 e. The summed E-state index contributed by atoms with van der Waals surface area (Å²) in [5, 5.41) is 0. The zero-order valence-electron chi connectivity index (χ0n) is 36.3. The Morgan fingerprint density at radius 1 is 0.456 bits per heavy atom. The lowest BCUT2D eigenvalue weighted by Crippen LogP contribution is -2.49. The van der Waals surface area contributed by atoms with Crippen molar-refractivity contribution in [2.45, 2.75) is 193 Å². The Balaban J connectivity index is 5.39. The summed E-state index contributed by atoms with van der Waals surface area (Å²) in [7, 11) is 1.79. The lowest BCUT2D eigenvalue weighted by molar-refractivity contribution is -0.191. The Morgan fingerprint density at radius 3 is 1.37 bits per heavy atom. The zero-order chi connectivity index (χ0) is 42.4. The number of likely N-dealkylation sites (N-methyl/N-ethyl adjacent to an activating group) is 1. The molecule has 0 spiro atoms. The fraction of sp³-hybridized carbons (Fsp3) is 0.864. The number of nitrogens with zero attached hydrogens (tertiary/aromatic N) is 1. The number of Topliss-reactive ketones (excluding diaryl/α,β-unsaturated/α-hetero) is 1. The number of unbranched alkanes of at least 4 members (excludes halogenated alkanes) is 15. The van der Waals surface area contributed by atoms with Gasteiger partial charge in [-0.25, -0.2) is 4.79 Å². The average molecular weight is 813 g/mol. The summed E-state index contributed by atoms with van der Waals surface area (Å²) in [6, 6.07) is 0. The first kappa shape index (κ1) is 53.9. The minimum atomic E-state index is -2.28. The van der Waals surface area contributed by atoms with Crippen molar-refractivity contribution in [2.24, 2.45) is 5.73 Å². The normalized spacial score (nSPS) is 12.2. The van der Waals surface area contributed by atoms with Crippen LogP contribution < -0.4 is 5.73 Å². The highest BCUT2D eigenvalue weighted by molar-refractivity contribution is 5.92. The van der Waals surface area contributed by atoms with Gasteiger partial charge in [-0.3, -0.25) is 24.0 Å². The van der Waals surface area contributed by atoms with Crippen LogP contribution >= 0.6 is 0 Å². The molecule has 1 unspecified atom stereocenters. The van der Waals surface area contributed by atoms with Crippen LogP contribution in [0.3, 0.4) is 0 Å². The molecule has 2 N–H and O–H groups in total. The number of rotatable bonds is 40. The van der Waals surface area contributed by atoms with E-state index in [4.69, 9.17) is 29.4 Å². The molecule has 13 heteroatoms. The van der Waals surface area contributed by atoms with E-state index >= 15 is 0 Å². The Hall–Kier alpha value is -3.06. The molecule has 0 saturated carbocycles. The molecular weight excluding hydrogens is 732 g/mol. The van der Waals surface area contributed by atoms with E-state index in [1.807, 2.05) is 11.8 Å². The lowest BCUT2D eigenvalue weighted by atomic mass is 9.94. The molecule has 0 aliphatic carbocycles. The van der Waals surface area contributed by atoms with Crippen LogP contribution in [0.25, 0.3) is 0 Å². The number of ketones is 1. The zero-order valence-corrected chi connectivity index (χ0v) is 36.3. The van der Waals surface area contributed by atoms with Crippen molar-refractivity contribution in [3.05, 3.63) is 0 Å². The molecule has 0 aliphatic rings. The van der Waals surface area contributed by atoms with Gasteiger partial charge in [-0.2, -0.15) is 0 Å². The predicted octanol–water partition coefficient (Wildman–Crippen LogP) is 8.10. The molecule has 0 radical (unpaired) electrons. The van der Waals surface area contributed by atoms with Crippen LogP contribution in [0.5, 0.6) is 0 Å². The second-order valence-corrected chi connectivity index (χ2v) is 15.3. The van der Waals surface area contributed by atoms with Crippen LogP contribution in [0.15, 0.2) is 0 Å². The Kier molecular flexibility index (Phi) is 35.2. The molecule has 0 aliphatic heterocycles. The second kappa shape index (κ2) is 37.2. The van der Waals surface area contributed by atoms with E-state index in [9.17, 15) is 28.8 Å². The Bertz CT molecular complexity index is 1090. The molecule has 0 heterocycles. The van der Waals surface area contributed by atoms with E-state index in [2.05, 4.69) is 13.8 Å². The molecule has 13 nitrogen and oxygen atoms in total. The third-order valence-electron chi connectivity index (χ3n) is 9.70. The van der Waals surface area contributed by atoms with Crippen molar-refractivity contribution >= 4 is 35.6 Å². The van der Waals surface area contributed by atoms with Crippen molar-refractivity contribution in [1.82, 2.24) is 4.90 Å². The van der Waals surface area contributed by atoms with Gasteiger partial charge in [0.2, 0.25) is 5.60 Å². The molecule has 0 aromatic carbocycles. The standard InChI is InChI=1S/C44H80N2O11/c1-5-8-11-13-18-25-38(47)26-19-15-16-22-35-56-43(52)44(36-41(50)54-32-21-10-7-3,57-40(49)28-30-46(4)31-29-45)37-42(51)55-34-24-17-23-33-53-39(48)27-20-14-12-9-6-2/h5-37,45H2,1-4H3. The van der Waals surface area contributed by atoms with Gasteiger partial charge >= 0.3 is 29.8 Å². The predicted molar refractivity (Wildman–Crippen MR) is 221 cm³/mol. The molecule has 0 bridgehead atoms. The van der Waals surface area contributed by atoms with E-state index < -0.39 is 42.3 Å². The number of carbonyl (C=O) groups is 6. The Morgan fingerprint density at radius 2 is 0.860 bits per heavy atom. The molecule has 0 amide bonds. The minimum absolute atomic E-state index is 0.0211. The number of carbonyl (C=O) groups excluding carboxylic acids is 6. The molecule has 0 saturated heterocycles. The van der Waals surface area contributed by atoms with E-state index in [1.165, 1.54) is 19.3 Å². The second-order valence-electron chi connectivity index (χ2n) is 15.3. The SMILES string of the molecule is CCCCCCCC(=O)CCCCCCOC(=O)C(CC(=O)OCCCCC)(CC(=O)OCCCCCOC(=O)CCCCCCC)OC(=O)CCN(C)CCN. The maximum Gasteiger partial charge on any atom is 0.351 e. The van der Waals surface area contributed by atoms with Crippen molar-refractivity contribution in [3.63, 3.8) is 0 Å². The van der Waals surface area contributed by atoms with Gasteiger partial charge in [-0.15, -0.1) is 0 Å². The summed E-state index contributed by atoms with van der Waals surface area (Å²) in [6.07, 6.45) is 17.7. The summed E-state index contributed by atoms with van der Waals surface area (Å²) < 4.78 is 27.5. The van der Waals surface area contributed by atoms with Gasteiger partial charge in [-0.05, 0) is 58.4 Å². The lowest BCUT2D eigenvalue weighted by Gasteiger charge is -2.30. The van der Waals surface area contributed by atoms with Crippen LogP contribution in [0.1, 0.15) is 188 Å². The van der Waals surface area contributed by atoms with Crippen LogP contribution in [-0.4, -0.2) is 99.2 Å². The monoisotopic (exact) mass is 813 g/mol. The number of ether oxygens (including phenoxy) is 5. The highest BCUT2D eigenvalue weighted by Gasteiger charge is 2.49. The molecule has 1 atom stereocenters. The fourth-order valence-corrected chi connectivity index (χ4v) is 6.13. The minimum Gasteiger partial charge on any atom is -0.466 e. The van der Waals surface area contributed by atoms with Gasteiger partial charge in [0.1, 0.15) is 5.78 Å². The van der Waals surface area contributed by atoms with E-state index in [0.29, 0.717) is 70.9 Å². The Labute approximate surface area is 344 Å². The van der Waals surface area contributed by atoms with E-state index in [1.54, 1.807) is 7.05 Å². The maximum atomic E-state index is 13.8. The highest BCUT2D eigenvalue weighted by atomic mass is 16.6. The van der Waals surface area contributed by atoms with Crippen molar-refractivity contribution in [1.29, 1.82) is 0 Å². The third-order valence-corrected chi connectivity index (χ3v) is 9.70. The van der Waals surface area contributed by atoms with Gasteiger partial charge in [0, 0.05) is 38.9 Å². The van der Waals surface area contributed by atoms with Crippen LogP contribution in [0.4, 0.5) is 0 Å². The summed E-state index contributed by atoms with van der Waals surface area (Å²) in [6.45, 7) is 7.93. The van der Waals surface area contributed by atoms with Crippen molar-refractivity contribution < 1.29 is 52.5 Å². The number of esters is 5. The van der Waals surface area contributed by atoms with Crippen molar-refractivity contribution in [3.8, 4) is 0 Å². The van der Waals surface area contributed by atoms with Gasteiger partial charge in [0.05, 0.1) is 45.7 Å². The van der Waals surface area contributed by atoms with Crippen LogP contribution in [0.2, 0.25) is 0 Å².